The van der Waals surface area contributed by atoms with E-state index in [9.17, 15) is 0 Å². The second-order valence-electron chi connectivity index (χ2n) is 3.35. The molecule has 0 spiro atoms. The molecule has 0 atom stereocenters. The summed E-state index contributed by atoms with van der Waals surface area (Å²) in [5.41, 5.74) is 0. The molecule has 3 rings (SSSR count). The van der Waals surface area contributed by atoms with Crippen LogP contribution in [0.25, 0.3) is 0 Å². The van der Waals surface area contributed by atoms with Gasteiger partial charge in [0.25, 0.3) is 0 Å². The van der Waals surface area contributed by atoms with Crippen molar-refractivity contribution in [2.45, 2.75) is 6.42 Å². The Morgan fingerprint density at radius 1 is 0.800 bits per heavy atom. The van der Waals surface area contributed by atoms with Crippen molar-refractivity contribution < 1.29 is 16.5 Å². The standard InChI is InChI=1S/C7H8.C5H5.2ClH.Mo/c1-2-7-4-3-6(1)5-7;1-2-4-5-3-1;;;/h1-4,6-7H,5H2;1-5H;2*1H;/q;;;;+2/p-2. The summed E-state index contributed by atoms with van der Waals surface area (Å²) in [4.78, 5) is 0. The van der Waals surface area contributed by atoms with E-state index in [2.05, 4.69) is 24.3 Å². The minimum absolute atomic E-state index is 0.586. The van der Waals surface area contributed by atoms with Gasteiger partial charge in [-0.15, -0.1) is 0 Å². The zero-order chi connectivity index (χ0) is 10.9. The van der Waals surface area contributed by atoms with Gasteiger partial charge in [0.2, 0.25) is 0 Å². The molecule has 0 saturated carbocycles. The Kier molecular flexibility index (Phi) is 7.43. The molecule has 0 aromatic carbocycles. The molecule has 0 amide bonds. The molecular formula is C12H13Cl2Mo. The molecule has 0 saturated heterocycles. The van der Waals surface area contributed by atoms with E-state index in [1.165, 1.54) is 6.42 Å². The molecule has 3 aliphatic rings. The van der Waals surface area contributed by atoms with Crippen LogP contribution in [-0.4, -0.2) is 0 Å². The molecular weight excluding hydrogens is 311 g/mol. The number of halogens is 2. The number of rotatable bonds is 0. The SMILES string of the molecule is C1=CC2C=CC1C2.[CH]1C=CC=C1.[Cl][Mo][Cl]. The molecule has 81 valence electrons. The third-order valence-corrected chi connectivity index (χ3v) is 2.31. The van der Waals surface area contributed by atoms with Gasteiger partial charge in [0.15, 0.2) is 0 Å². The Morgan fingerprint density at radius 2 is 1.20 bits per heavy atom. The summed E-state index contributed by atoms with van der Waals surface area (Å²) < 4.78 is 0. The zero-order valence-electron chi connectivity index (χ0n) is 8.22. The molecule has 0 N–H and O–H groups in total. The van der Waals surface area contributed by atoms with E-state index < -0.39 is 16.5 Å². The Morgan fingerprint density at radius 3 is 1.33 bits per heavy atom. The van der Waals surface area contributed by atoms with Crippen molar-refractivity contribution in [1.29, 1.82) is 0 Å². The third-order valence-electron chi connectivity index (χ3n) is 2.31. The summed E-state index contributed by atoms with van der Waals surface area (Å²) in [7, 11) is 9.79. The molecule has 0 unspecified atom stereocenters. The van der Waals surface area contributed by atoms with Crippen molar-refractivity contribution in [1.82, 2.24) is 0 Å². The Hall–Kier alpha value is 0.228. The number of fused-ring (bicyclic) bond motifs is 2. The quantitative estimate of drug-likeness (QED) is 0.456. The van der Waals surface area contributed by atoms with Crippen LogP contribution in [0.2, 0.25) is 0 Å². The second kappa shape index (κ2) is 8.39. The van der Waals surface area contributed by atoms with Crippen molar-refractivity contribution in [3.8, 4) is 0 Å². The van der Waals surface area contributed by atoms with Gasteiger partial charge in [-0.2, -0.15) is 0 Å². The summed E-state index contributed by atoms with van der Waals surface area (Å²) in [6.07, 6.45) is 20.5. The van der Waals surface area contributed by atoms with Crippen molar-refractivity contribution in [2.75, 3.05) is 0 Å². The third kappa shape index (κ3) is 5.75. The van der Waals surface area contributed by atoms with Crippen LogP contribution in [0.5, 0.6) is 0 Å². The van der Waals surface area contributed by atoms with Crippen LogP contribution in [0.1, 0.15) is 6.42 Å². The topological polar surface area (TPSA) is 0 Å². The predicted molar refractivity (Wildman–Crippen MR) is 64.2 cm³/mol. The number of allylic oxidation sites excluding steroid dienone is 8. The average molecular weight is 324 g/mol. The van der Waals surface area contributed by atoms with E-state index >= 15 is 0 Å². The van der Waals surface area contributed by atoms with Crippen LogP contribution >= 0.6 is 18.8 Å². The van der Waals surface area contributed by atoms with Crippen LogP contribution in [0.4, 0.5) is 0 Å². The van der Waals surface area contributed by atoms with E-state index in [0.29, 0.717) is 0 Å². The Bertz CT molecular complexity index is 241. The molecule has 1 radical (unpaired) electrons. The van der Waals surface area contributed by atoms with Gasteiger partial charge in [-0.25, -0.2) is 0 Å². The fourth-order valence-electron chi connectivity index (χ4n) is 1.65. The van der Waals surface area contributed by atoms with Crippen LogP contribution < -0.4 is 0 Å². The van der Waals surface area contributed by atoms with Crippen molar-refractivity contribution in [3.63, 3.8) is 0 Å². The summed E-state index contributed by atoms with van der Waals surface area (Å²) in [6.45, 7) is 0. The second-order valence-corrected chi connectivity index (χ2v) is 6.40. The Balaban J connectivity index is 0.000000125. The van der Waals surface area contributed by atoms with Gasteiger partial charge >= 0.3 is 35.3 Å². The summed E-state index contributed by atoms with van der Waals surface area (Å²) in [6, 6.07) is 0. The van der Waals surface area contributed by atoms with Gasteiger partial charge in [-0.1, -0.05) is 48.6 Å². The summed E-state index contributed by atoms with van der Waals surface area (Å²) >= 11 is -0.586. The van der Waals surface area contributed by atoms with Crippen LogP contribution in [0.3, 0.4) is 0 Å². The van der Waals surface area contributed by atoms with Gasteiger partial charge in [0, 0.05) is 6.42 Å². The molecule has 0 nitrogen and oxygen atoms in total. The van der Waals surface area contributed by atoms with Gasteiger partial charge in [-0.05, 0) is 18.3 Å². The molecule has 0 aromatic heterocycles. The van der Waals surface area contributed by atoms with Crippen LogP contribution in [0, 0.1) is 18.3 Å². The molecule has 0 heterocycles. The maximum absolute atomic E-state index is 4.89. The van der Waals surface area contributed by atoms with Crippen LogP contribution in [0.15, 0.2) is 48.6 Å². The van der Waals surface area contributed by atoms with Gasteiger partial charge in [-0.3, -0.25) is 0 Å². The molecule has 15 heavy (non-hydrogen) atoms. The van der Waals surface area contributed by atoms with Crippen molar-refractivity contribution in [3.05, 3.63) is 55.0 Å². The first-order chi connectivity index (χ1) is 7.36. The molecule has 3 aliphatic carbocycles. The average Bonchev–Trinajstić information content (AvgIpc) is 3.01. The van der Waals surface area contributed by atoms with E-state index in [0.717, 1.165) is 11.8 Å². The monoisotopic (exact) mass is 325 g/mol. The zero-order valence-corrected chi connectivity index (χ0v) is 11.7. The summed E-state index contributed by atoms with van der Waals surface area (Å²) in [5.74, 6) is 1.62. The fourth-order valence-corrected chi connectivity index (χ4v) is 1.65. The predicted octanol–water partition coefficient (Wildman–Crippen LogP) is 4.44. The van der Waals surface area contributed by atoms with Gasteiger partial charge in [0.1, 0.15) is 0 Å². The molecule has 0 aliphatic heterocycles. The normalized spacial score (nSPS) is 27.3. The molecule has 2 bridgehead atoms. The minimum atomic E-state index is -0.586. The van der Waals surface area contributed by atoms with Gasteiger partial charge in [0.05, 0.1) is 0 Å². The van der Waals surface area contributed by atoms with Crippen LogP contribution in [-0.2, 0) is 16.5 Å². The number of hydrogen-bond donors (Lipinski definition) is 0. The van der Waals surface area contributed by atoms with Gasteiger partial charge < -0.3 is 0 Å². The number of hydrogen-bond acceptors (Lipinski definition) is 0. The Labute approximate surface area is 108 Å². The molecule has 0 aromatic rings. The first-order valence-corrected chi connectivity index (χ1v) is 9.96. The van der Waals surface area contributed by atoms with Crippen molar-refractivity contribution in [2.24, 2.45) is 11.8 Å². The van der Waals surface area contributed by atoms with E-state index in [4.69, 9.17) is 18.8 Å². The fraction of sp³-hybridized carbons (Fsp3) is 0.250. The first-order valence-electron chi connectivity index (χ1n) is 4.79. The molecule has 0 fully saturated rings. The summed E-state index contributed by atoms with van der Waals surface area (Å²) in [5, 5.41) is 0. The van der Waals surface area contributed by atoms with E-state index in [1.54, 1.807) is 0 Å². The molecule has 3 heteroatoms. The van der Waals surface area contributed by atoms with Crippen molar-refractivity contribution >= 4 is 18.8 Å². The van der Waals surface area contributed by atoms with E-state index in [1.807, 2.05) is 30.7 Å². The maximum atomic E-state index is 4.89. The van der Waals surface area contributed by atoms with E-state index in [-0.39, 0.29) is 0 Å². The first kappa shape index (κ1) is 13.3.